The molecule has 3 N–H and O–H groups in total. The third-order valence-corrected chi connectivity index (χ3v) is 3.02. The van der Waals surface area contributed by atoms with E-state index in [1.54, 1.807) is 11.3 Å². The highest BCUT2D eigenvalue weighted by Crippen LogP contribution is 2.17. The molecule has 16 heavy (non-hydrogen) atoms. The van der Waals surface area contributed by atoms with Crippen molar-refractivity contribution in [2.45, 2.75) is 27.3 Å². The Morgan fingerprint density at radius 3 is 2.75 bits per heavy atom. The summed E-state index contributed by atoms with van der Waals surface area (Å²) in [5.41, 5.74) is 7.78. The van der Waals surface area contributed by atoms with Crippen molar-refractivity contribution in [1.29, 1.82) is 0 Å². The quantitative estimate of drug-likeness (QED) is 0.477. The lowest BCUT2D eigenvalue weighted by Gasteiger charge is -2.04. The number of hydrogen-bond donors (Lipinski definition) is 2. The van der Waals surface area contributed by atoms with Crippen LogP contribution in [-0.4, -0.2) is 17.5 Å². The summed E-state index contributed by atoms with van der Waals surface area (Å²) in [5, 5.41) is 4.06. The van der Waals surface area contributed by atoms with Gasteiger partial charge in [0.05, 0.1) is 17.2 Å². The van der Waals surface area contributed by atoms with E-state index in [4.69, 9.17) is 5.73 Å². The van der Waals surface area contributed by atoms with Gasteiger partial charge in [0.25, 0.3) is 0 Å². The highest BCUT2D eigenvalue weighted by molar-refractivity contribution is 7.11. The van der Waals surface area contributed by atoms with Gasteiger partial charge in [0.15, 0.2) is 5.96 Å². The number of aliphatic imine (C=N–C) groups is 1. The summed E-state index contributed by atoms with van der Waals surface area (Å²) in [7, 11) is 0. The molecule has 0 atom stereocenters. The molecule has 1 aromatic heterocycles. The van der Waals surface area contributed by atoms with Crippen LogP contribution in [-0.2, 0) is 6.54 Å². The maximum absolute atomic E-state index is 5.71. The number of nitrogens with zero attached hydrogens (tertiary/aromatic N) is 2. The van der Waals surface area contributed by atoms with Crippen molar-refractivity contribution in [3.63, 3.8) is 0 Å². The molecule has 1 heterocycles. The van der Waals surface area contributed by atoms with Gasteiger partial charge in [0.2, 0.25) is 0 Å². The van der Waals surface area contributed by atoms with E-state index in [0.29, 0.717) is 19.0 Å². The van der Waals surface area contributed by atoms with Crippen molar-refractivity contribution in [2.75, 3.05) is 6.54 Å². The molecule has 0 radical (unpaired) electrons. The number of guanidine groups is 1. The van der Waals surface area contributed by atoms with Crippen molar-refractivity contribution in [1.82, 2.24) is 10.3 Å². The average molecular weight is 238 g/mol. The molecule has 0 fully saturated rings. The lowest BCUT2D eigenvalue weighted by atomic mass is 10.3. The van der Waals surface area contributed by atoms with E-state index in [2.05, 4.69) is 21.9 Å². The van der Waals surface area contributed by atoms with Gasteiger partial charge < -0.3 is 11.1 Å². The smallest absolute Gasteiger partial charge is 0.189 e. The van der Waals surface area contributed by atoms with Crippen LogP contribution in [0.2, 0.25) is 0 Å². The van der Waals surface area contributed by atoms with Crippen LogP contribution in [0.4, 0.5) is 0 Å². The first-order chi connectivity index (χ1) is 7.49. The van der Waals surface area contributed by atoms with Gasteiger partial charge in [-0.25, -0.2) is 9.98 Å². The second kappa shape index (κ2) is 5.65. The summed E-state index contributed by atoms with van der Waals surface area (Å²) in [5.74, 6) is 0.452. The molecule has 4 nitrogen and oxygen atoms in total. The maximum atomic E-state index is 5.71. The SMILES string of the molecule is C=C(C)CNC(N)=NCc1sc(C)nc1C. The third-order valence-electron chi connectivity index (χ3n) is 1.96. The Morgan fingerprint density at radius 2 is 2.25 bits per heavy atom. The number of hydrogen-bond acceptors (Lipinski definition) is 3. The number of nitrogens with two attached hydrogens (primary N) is 1. The molecule has 0 saturated heterocycles. The Morgan fingerprint density at radius 1 is 1.56 bits per heavy atom. The molecule has 0 aliphatic heterocycles. The largest absolute Gasteiger partial charge is 0.370 e. The normalized spacial score (nSPS) is 11.6. The Balaban J connectivity index is 2.52. The Kier molecular flexibility index (Phi) is 4.49. The molecule has 1 aromatic rings. The van der Waals surface area contributed by atoms with Gasteiger partial charge in [-0.1, -0.05) is 12.2 Å². The summed E-state index contributed by atoms with van der Waals surface area (Å²) in [6.07, 6.45) is 0. The average Bonchev–Trinajstić information content (AvgIpc) is 2.51. The zero-order valence-corrected chi connectivity index (χ0v) is 10.8. The van der Waals surface area contributed by atoms with Gasteiger partial charge in [0.1, 0.15) is 0 Å². The number of nitrogens with one attached hydrogen (secondary N) is 1. The topological polar surface area (TPSA) is 63.3 Å². The minimum atomic E-state index is 0.452. The van der Waals surface area contributed by atoms with Crippen molar-refractivity contribution in [2.24, 2.45) is 10.7 Å². The molecular formula is C11H18N4S. The second-order valence-corrected chi connectivity index (χ2v) is 5.04. The summed E-state index contributed by atoms with van der Waals surface area (Å²) in [6, 6.07) is 0. The number of rotatable bonds is 4. The van der Waals surface area contributed by atoms with Crippen LogP contribution in [0.1, 0.15) is 22.5 Å². The Hall–Kier alpha value is -1.36. The molecule has 0 aliphatic carbocycles. The summed E-state index contributed by atoms with van der Waals surface area (Å²) < 4.78 is 0. The first kappa shape index (κ1) is 12.7. The second-order valence-electron chi connectivity index (χ2n) is 3.75. The number of aryl methyl sites for hydroxylation is 2. The fraction of sp³-hybridized carbons (Fsp3) is 0.455. The zero-order chi connectivity index (χ0) is 12.1. The minimum absolute atomic E-state index is 0.452. The van der Waals surface area contributed by atoms with Crippen molar-refractivity contribution < 1.29 is 0 Å². The van der Waals surface area contributed by atoms with Crippen LogP contribution >= 0.6 is 11.3 Å². The fourth-order valence-corrected chi connectivity index (χ4v) is 2.04. The molecule has 0 amide bonds. The van der Waals surface area contributed by atoms with Gasteiger partial charge in [-0.05, 0) is 20.8 Å². The molecule has 0 spiro atoms. The first-order valence-corrected chi connectivity index (χ1v) is 5.91. The van der Waals surface area contributed by atoms with Crippen molar-refractivity contribution in [3.05, 3.63) is 27.7 Å². The lowest BCUT2D eigenvalue weighted by Crippen LogP contribution is -2.32. The maximum Gasteiger partial charge on any atom is 0.189 e. The van der Waals surface area contributed by atoms with Gasteiger partial charge in [-0.3, -0.25) is 0 Å². The van der Waals surface area contributed by atoms with Crippen LogP contribution in [0, 0.1) is 13.8 Å². The van der Waals surface area contributed by atoms with Crippen LogP contribution in [0.25, 0.3) is 0 Å². The van der Waals surface area contributed by atoms with Gasteiger partial charge in [-0.15, -0.1) is 11.3 Å². The monoisotopic (exact) mass is 238 g/mol. The fourth-order valence-electron chi connectivity index (χ4n) is 1.17. The molecular weight excluding hydrogens is 220 g/mol. The molecule has 88 valence electrons. The van der Waals surface area contributed by atoms with Crippen molar-refractivity contribution >= 4 is 17.3 Å². The Bertz CT molecular complexity index is 406. The molecule has 5 heteroatoms. The summed E-state index contributed by atoms with van der Waals surface area (Å²) in [6.45, 7) is 11.0. The van der Waals surface area contributed by atoms with E-state index in [9.17, 15) is 0 Å². The van der Waals surface area contributed by atoms with Crippen LogP contribution in [0.15, 0.2) is 17.1 Å². The molecule has 0 bridgehead atoms. The standard InChI is InChI=1S/C11H18N4S/c1-7(2)5-13-11(12)14-6-10-8(3)15-9(4)16-10/h1,5-6H2,2-4H3,(H3,12,13,14). The summed E-state index contributed by atoms with van der Waals surface area (Å²) >= 11 is 1.66. The number of thiazole rings is 1. The number of aromatic nitrogens is 1. The third kappa shape index (κ3) is 4.02. The minimum Gasteiger partial charge on any atom is -0.370 e. The van der Waals surface area contributed by atoms with E-state index in [0.717, 1.165) is 21.2 Å². The highest BCUT2D eigenvalue weighted by Gasteiger charge is 2.03. The van der Waals surface area contributed by atoms with E-state index >= 15 is 0 Å². The Labute approximate surface area is 100 Å². The van der Waals surface area contributed by atoms with Crippen LogP contribution in [0.3, 0.4) is 0 Å². The summed E-state index contributed by atoms with van der Waals surface area (Å²) in [4.78, 5) is 9.75. The molecule has 0 unspecified atom stereocenters. The molecule has 0 aromatic carbocycles. The van der Waals surface area contributed by atoms with Gasteiger partial charge in [-0.2, -0.15) is 0 Å². The highest BCUT2D eigenvalue weighted by atomic mass is 32.1. The van der Waals surface area contributed by atoms with Gasteiger partial charge >= 0.3 is 0 Å². The predicted octanol–water partition coefficient (Wildman–Crippen LogP) is 1.74. The van der Waals surface area contributed by atoms with Crippen LogP contribution in [0.5, 0.6) is 0 Å². The van der Waals surface area contributed by atoms with E-state index in [1.165, 1.54) is 0 Å². The zero-order valence-electron chi connectivity index (χ0n) is 10.0. The van der Waals surface area contributed by atoms with Gasteiger partial charge in [0, 0.05) is 11.4 Å². The van der Waals surface area contributed by atoms with E-state index in [1.807, 2.05) is 20.8 Å². The first-order valence-electron chi connectivity index (χ1n) is 5.10. The van der Waals surface area contributed by atoms with Crippen LogP contribution < -0.4 is 11.1 Å². The van der Waals surface area contributed by atoms with Crippen molar-refractivity contribution in [3.8, 4) is 0 Å². The lowest BCUT2D eigenvalue weighted by molar-refractivity contribution is 0.941. The molecule has 1 rings (SSSR count). The molecule has 0 saturated carbocycles. The predicted molar refractivity (Wildman–Crippen MR) is 69.7 cm³/mol. The van der Waals surface area contributed by atoms with E-state index in [-0.39, 0.29) is 0 Å². The van der Waals surface area contributed by atoms with E-state index < -0.39 is 0 Å². The molecule has 0 aliphatic rings.